The van der Waals surface area contributed by atoms with Crippen molar-refractivity contribution in [2.75, 3.05) is 40.4 Å². The van der Waals surface area contributed by atoms with Gasteiger partial charge in [0, 0.05) is 18.5 Å². The SMILES string of the molecule is CN(C)CCOCCNC(=O)c1csc(I)c1. The van der Waals surface area contributed by atoms with Crippen molar-refractivity contribution in [3.8, 4) is 0 Å². The Hall–Kier alpha value is -0.180. The number of rotatable bonds is 7. The summed E-state index contributed by atoms with van der Waals surface area (Å²) in [5.74, 6) is -0.0274. The zero-order valence-corrected chi connectivity index (χ0v) is 13.0. The molecule has 0 saturated heterocycles. The van der Waals surface area contributed by atoms with Crippen LogP contribution in [0.2, 0.25) is 0 Å². The van der Waals surface area contributed by atoms with E-state index in [0.29, 0.717) is 19.8 Å². The summed E-state index contributed by atoms with van der Waals surface area (Å²) in [5.41, 5.74) is 0.729. The zero-order chi connectivity index (χ0) is 12.7. The van der Waals surface area contributed by atoms with Crippen LogP contribution in [0.15, 0.2) is 11.4 Å². The molecule has 0 aromatic carbocycles. The minimum absolute atomic E-state index is 0.0274. The number of halogens is 1. The molecule has 0 radical (unpaired) electrons. The van der Waals surface area contributed by atoms with Gasteiger partial charge >= 0.3 is 0 Å². The van der Waals surface area contributed by atoms with Gasteiger partial charge < -0.3 is 15.0 Å². The molecular formula is C11H17IN2O2S. The topological polar surface area (TPSA) is 41.6 Å². The Morgan fingerprint density at radius 3 is 2.88 bits per heavy atom. The van der Waals surface area contributed by atoms with Gasteiger partial charge in [-0.3, -0.25) is 4.79 Å². The molecule has 1 N–H and O–H groups in total. The van der Waals surface area contributed by atoms with E-state index in [1.165, 1.54) is 0 Å². The number of nitrogens with one attached hydrogen (secondary N) is 1. The van der Waals surface area contributed by atoms with Crippen LogP contribution in [0.4, 0.5) is 0 Å². The molecule has 0 bridgehead atoms. The predicted molar refractivity (Wildman–Crippen MR) is 78.7 cm³/mol. The van der Waals surface area contributed by atoms with Crippen molar-refractivity contribution in [3.05, 3.63) is 19.9 Å². The van der Waals surface area contributed by atoms with E-state index in [1.807, 2.05) is 25.5 Å². The normalized spacial score (nSPS) is 10.8. The first-order valence-electron chi connectivity index (χ1n) is 5.34. The van der Waals surface area contributed by atoms with Crippen LogP contribution in [0.5, 0.6) is 0 Å². The number of carbonyl (C=O) groups excluding carboxylic acids is 1. The summed E-state index contributed by atoms with van der Waals surface area (Å²) in [4.78, 5) is 13.7. The Bertz CT molecular complexity index is 355. The van der Waals surface area contributed by atoms with Crippen molar-refractivity contribution in [1.29, 1.82) is 0 Å². The third-order valence-electron chi connectivity index (χ3n) is 2.04. The second kappa shape index (κ2) is 8.02. The maximum atomic E-state index is 11.6. The number of amides is 1. The van der Waals surface area contributed by atoms with Crippen LogP contribution in [0.3, 0.4) is 0 Å². The van der Waals surface area contributed by atoms with Crippen molar-refractivity contribution >= 4 is 39.8 Å². The van der Waals surface area contributed by atoms with E-state index in [1.54, 1.807) is 11.3 Å². The Labute approximate surface area is 119 Å². The molecule has 0 aliphatic heterocycles. The van der Waals surface area contributed by atoms with Gasteiger partial charge in [0.25, 0.3) is 5.91 Å². The van der Waals surface area contributed by atoms with Crippen molar-refractivity contribution in [1.82, 2.24) is 10.2 Å². The largest absolute Gasteiger partial charge is 0.378 e. The van der Waals surface area contributed by atoms with Crippen LogP contribution in [0.25, 0.3) is 0 Å². The molecule has 0 aliphatic rings. The molecule has 0 fully saturated rings. The van der Waals surface area contributed by atoms with Crippen molar-refractivity contribution in [2.45, 2.75) is 0 Å². The van der Waals surface area contributed by atoms with Gasteiger partial charge in [-0.05, 0) is 42.8 Å². The van der Waals surface area contributed by atoms with E-state index in [2.05, 4.69) is 32.8 Å². The molecule has 1 amide bonds. The number of thiophene rings is 1. The summed E-state index contributed by atoms with van der Waals surface area (Å²) in [6, 6.07) is 1.88. The van der Waals surface area contributed by atoms with Gasteiger partial charge in [0.2, 0.25) is 0 Å². The fraction of sp³-hybridized carbons (Fsp3) is 0.545. The molecule has 0 saturated carbocycles. The molecular weight excluding hydrogens is 351 g/mol. The lowest BCUT2D eigenvalue weighted by Crippen LogP contribution is -2.28. The maximum absolute atomic E-state index is 11.6. The van der Waals surface area contributed by atoms with Gasteiger partial charge in [0.05, 0.1) is 21.7 Å². The highest BCUT2D eigenvalue weighted by molar-refractivity contribution is 14.1. The average molecular weight is 368 g/mol. The molecule has 1 aromatic heterocycles. The van der Waals surface area contributed by atoms with Crippen molar-refractivity contribution < 1.29 is 9.53 Å². The monoisotopic (exact) mass is 368 g/mol. The van der Waals surface area contributed by atoms with Crippen LogP contribution in [-0.4, -0.2) is 51.2 Å². The van der Waals surface area contributed by atoms with E-state index >= 15 is 0 Å². The third-order valence-corrected chi connectivity index (χ3v) is 3.83. The molecule has 0 unspecified atom stereocenters. The van der Waals surface area contributed by atoms with Crippen LogP contribution in [0.1, 0.15) is 10.4 Å². The standard InChI is InChI=1S/C11H17IN2O2S/c1-14(2)4-6-16-5-3-13-11(15)9-7-10(12)17-8-9/h7-8H,3-6H2,1-2H3,(H,13,15). The first-order valence-corrected chi connectivity index (χ1v) is 7.30. The molecule has 1 heterocycles. The minimum atomic E-state index is -0.0274. The van der Waals surface area contributed by atoms with Gasteiger partial charge in [-0.25, -0.2) is 0 Å². The molecule has 4 nitrogen and oxygen atoms in total. The maximum Gasteiger partial charge on any atom is 0.252 e. The fourth-order valence-electron chi connectivity index (χ4n) is 1.12. The first kappa shape index (κ1) is 14.9. The number of nitrogens with zero attached hydrogens (tertiary/aromatic N) is 1. The summed E-state index contributed by atoms with van der Waals surface area (Å²) in [5, 5.41) is 4.69. The summed E-state index contributed by atoms with van der Waals surface area (Å²) in [7, 11) is 4.01. The number of carbonyl (C=O) groups is 1. The van der Waals surface area contributed by atoms with Gasteiger partial charge in [-0.1, -0.05) is 0 Å². The molecule has 96 valence electrons. The molecule has 0 spiro atoms. The third kappa shape index (κ3) is 6.35. The lowest BCUT2D eigenvalue weighted by molar-refractivity contribution is 0.0900. The highest BCUT2D eigenvalue weighted by Crippen LogP contribution is 2.16. The Balaban J connectivity index is 2.09. The van der Waals surface area contributed by atoms with Gasteiger partial charge in [0.15, 0.2) is 0 Å². The number of hydrogen-bond donors (Lipinski definition) is 1. The van der Waals surface area contributed by atoms with Crippen LogP contribution < -0.4 is 5.32 Å². The summed E-state index contributed by atoms with van der Waals surface area (Å²) in [6.07, 6.45) is 0. The Morgan fingerprint density at radius 1 is 1.53 bits per heavy atom. The van der Waals surface area contributed by atoms with E-state index < -0.39 is 0 Å². The summed E-state index contributed by atoms with van der Waals surface area (Å²) in [6.45, 7) is 2.70. The predicted octanol–water partition coefficient (Wildman–Crippen LogP) is 1.66. The van der Waals surface area contributed by atoms with Crippen LogP contribution >= 0.6 is 33.9 Å². The van der Waals surface area contributed by atoms with Crippen molar-refractivity contribution in [3.63, 3.8) is 0 Å². The van der Waals surface area contributed by atoms with Crippen molar-refractivity contribution in [2.24, 2.45) is 0 Å². The number of ether oxygens (including phenoxy) is 1. The zero-order valence-electron chi connectivity index (χ0n) is 10.0. The number of likely N-dealkylation sites (N-methyl/N-ethyl adjacent to an activating group) is 1. The Morgan fingerprint density at radius 2 is 2.29 bits per heavy atom. The van der Waals surface area contributed by atoms with Crippen LogP contribution in [-0.2, 0) is 4.74 Å². The minimum Gasteiger partial charge on any atom is -0.378 e. The van der Waals surface area contributed by atoms with E-state index in [4.69, 9.17) is 4.74 Å². The fourth-order valence-corrected chi connectivity index (χ4v) is 2.44. The molecule has 0 aliphatic carbocycles. The number of hydrogen-bond acceptors (Lipinski definition) is 4. The van der Waals surface area contributed by atoms with E-state index in [-0.39, 0.29) is 5.91 Å². The lowest BCUT2D eigenvalue weighted by atomic mass is 10.3. The van der Waals surface area contributed by atoms with E-state index in [9.17, 15) is 4.79 Å². The molecule has 0 atom stereocenters. The highest BCUT2D eigenvalue weighted by Gasteiger charge is 2.06. The average Bonchev–Trinajstić information content (AvgIpc) is 2.69. The summed E-state index contributed by atoms with van der Waals surface area (Å²) >= 11 is 3.78. The molecule has 1 rings (SSSR count). The molecule has 6 heteroatoms. The smallest absolute Gasteiger partial charge is 0.252 e. The second-order valence-corrected chi connectivity index (χ2v) is 6.62. The second-order valence-electron chi connectivity index (χ2n) is 3.81. The van der Waals surface area contributed by atoms with Gasteiger partial charge in [-0.15, -0.1) is 11.3 Å². The van der Waals surface area contributed by atoms with Gasteiger partial charge in [-0.2, -0.15) is 0 Å². The van der Waals surface area contributed by atoms with E-state index in [0.717, 1.165) is 15.0 Å². The molecule has 17 heavy (non-hydrogen) atoms. The first-order chi connectivity index (χ1) is 8.09. The van der Waals surface area contributed by atoms with Crippen LogP contribution in [0, 0.1) is 2.88 Å². The quantitative estimate of drug-likeness (QED) is 0.588. The summed E-state index contributed by atoms with van der Waals surface area (Å²) < 4.78 is 6.50. The highest BCUT2D eigenvalue weighted by atomic mass is 127. The molecule has 1 aromatic rings. The Kier molecular flexibility index (Phi) is 7.02. The lowest BCUT2D eigenvalue weighted by Gasteiger charge is -2.10. The van der Waals surface area contributed by atoms with Gasteiger partial charge in [0.1, 0.15) is 0 Å².